The molecule has 0 radical (unpaired) electrons. The SMILES string of the molecule is NC(c1ccc(F)c(F)c1Br)c1cccc2cnccc12. The van der Waals surface area contributed by atoms with Gasteiger partial charge in [-0.2, -0.15) is 0 Å². The Balaban J connectivity index is 2.17. The van der Waals surface area contributed by atoms with Crippen molar-refractivity contribution in [3.8, 4) is 0 Å². The van der Waals surface area contributed by atoms with Crippen molar-refractivity contribution in [1.29, 1.82) is 0 Å². The summed E-state index contributed by atoms with van der Waals surface area (Å²) in [6.07, 6.45) is 3.42. The topological polar surface area (TPSA) is 38.9 Å². The molecule has 0 aliphatic carbocycles. The Morgan fingerprint density at radius 1 is 1.05 bits per heavy atom. The van der Waals surface area contributed by atoms with E-state index in [0.29, 0.717) is 5.56 Å². The molecule has 0 fully saturated rings. The molecule has 0 bridgehead atoms. The van der Waals surface area contributed by atoms with Gasteiger partial charge in [0.2, 0.25) is 0 Å². The van der Waals surface area contributed by atoms with Gasteiger partial charge in [0.1, 0.15) is 0 Å². The molecule has 21 heavy (non-hydrogen) atoms. The van der Waals surface area contributed by atoms with Crippen molar-refractivity contribution >= 4 is 26.7 Å². The summed E-state index contributed by atoms with van der Waals surface area (Å²) in [5.74, 6) is -1.83. The number of hydrogen-bond donors (Lipinski definition) is 1. The lowest BCUT2D eigenvalue weighted by Gasteiger charge is -2.17. The first-order valence-electron chi connectivity index (χ1n) is 6.31. The minimum atomic E-state index is -0.926. The van der Waals surface area contributed by atoms with Gasteiger partial charge >= 0.3 is 0 Å². The van der Waals surface area contributed by atoms with Crippen LogP contribution in [0.4, 0.5) is 8.78 Å². The number of fused-ring (bicyclic) bond motifs is 1. The maximum atomic E-state index is 13.7. The molecule has 2 aromatic carbocycles. The van der Waals surface area contributed by atoms with E-state index in [1.165, 1.54) is 6.07 Å². The first kappa shape index (κ1) is 14.1. The third-order valence-corrected chi connectivity index (χ3v) is 4.26. The second-order valence-electron chi connectivity index (χ2n) is 4.69. The Kier molecular flexibility index (Phi) is 3.69. The monoisotopic (exact) mass is 348 g/mol. The molecular formula is C16H11BrF2N2. The van der Waals surface area contributed by atoms with Gasteiger partial charge in [0.15, 0.2) is 11.6 Å². The Hall–Kier alpha value is -1.85. The van der Waals surface area contributed by atoms with Crippen molar-refractivity contribution in [3.05, 3.63) is 76.0 Å². The number of nitrogens with two attached hydrogens (primary N) is 1. The standard InChI is InChI=1S/C16H11BrF2N2/c17-14-12(4-5-13(18)15(14)19)16(20)11-3-1-2-9-8-21-7-6-10(9)11/h1-8,16H,20H2. The Bertz CT molecular complexity index is 815. The second kappa shape index (κ2) is 5.50. The fourth-order valence-corrected chi connectivity index (χ4v) is 2.94. The molecule has 1 heterocycles. The highest BCUT2D eigenvalue weighted by Crippen LogP contribution is 2.33. The zero-order chi connectivity index (χ0) is 15.0. The van der Waals surface area contributed by atoms with E-state index in [2.05, 4.69) is 20.9 Å². The largest absolute Gasteiger partial charge is 0.320 e. The predicted molar refractivity (Wildman–Crippen MR) is 81.8 cm³/mol. The van der Waals surface area contributed by atoms with E-state index in [-0.39, 0.29) is 4.47 Å². The van der Waals surface area contributed by atoms with E-state index in [1.807, 2.05) is 24.3 Å². The number of aromatic nitrogens is 1. The van der Waals surface area contributed by atoms with Crippen LogP contribution in [0.1, 0.15) is 17.2 Å². The maximum absolute atomic E-state index is 13.7. The summed E-state index contributed by atoms with van der Waals surface area (Å²) in [6.45, 7) is 0. The lowest BCUT2D eigenvalue weighted by molar-refractivity contribution is 0.501. The van der Waals surface area contributed by atoms with E-state index >= 15 is 0 Å². The minimum Gasteiger partial charge on any atom is -0.320 e. The summed E-state index contributed by atoms with van der Waals surface area (Å²) in [5, 5.41) is 1.89. The number of halogens is 3. The zero-order valence-corrected chi connectivity index (χ0v) is 12.4. The minimum absolute atomic E-state index is 0.0565. The van der Waals surface area contributed by atoms with Crippen LogP contribution in [0.5, 0.6) is 0 Å². The third-order valence-electron chi connectivity index (χ3n) is 3.45. The highest BCUT2D eigenvalue weighted by atomic mass is 79.9. The lowest BCUT2D eigenvalue weighted by atomic mass is 9.95. The molecule has 0 aliphatic heterocycles. The average molecular weight is 349 g/mol. The van der Waals surface area contributed by atoms with Crippen LogP contribution < -0.4 is 5.73 Å². The first-order valence-corrected chi connectivity index (χ1v) is 7.10. The van der Waals surface area contributed by atoms with Crippen molar-refractivity contribution < 1.29 is 8.78 Å². The normalized spacial score (nSPS) is 12.6. The third kappa shape index (κ3) is 2.43. The maximum Gasteiger partial charge on any atom is 0.173 e. The lowest BCUT2D eigenvalue weighted by Crippen LogP contribution is -2.14. The molecule has 106 valence electrons. The molecule has 3 rings (SSSR count). The van der Waals surface area contributed by atoms with Gasteiger partial charge in [-0.1, -0.05) is 24.3 Å². The summed E-state index contributed by atoms with van der Waals surface area (Å²) < 4.78 is 27.0. The fourth-order valence-electron chi connectivity index (χ4n) is 2.37. The van der Waals surface area contributed by atoms with Gasteiger partial charge in [0.05, 0.1) is 10.5 Å². The number of benzene rings is 2. The molecule has 2 N–H and O–H groups in total. The highest BCUT2D eigenvalue weighted by molar-refractivity contribution is 9.10. The highest BCUT2D eigenvalue weighted by Gasteiger charge is 2.19. The van der Waals surface area contributed by atoms with E-state index in [1.54, 1.807) is 12.4 Å². The molecule has 0 spiro atoms. The molecule has 0 aliphatic rings. The van der Waals surface area contributed by atoms with Crippen LogP contribution >= 0.6 is 15.9 Å². The van der Waals surface area contributed by atoms with Gasteiger partial charge in [-0.15, -0.1) is 0 Å². The summed E-state index contributed by atoms with van der Waals surface area (Å²) in [4.78, 5) is 4.07. The number of pyridine rings is 1. The van der Waals surface area contributed by atoms with Gasteiger partial charge in [0, 0.05) is 17.8 Å². The van der Waals surface area contributed by atoms with E-state index in [9.17, 15) is 8.78 Å². The molecule has 1 unspecified atom stereocenters. The van der Waals surface area contributed by atoms with Crippen LogP contribution in [0.3, 0.4) is 0 Å². The van der Waals surface area contributed by atoms with Crippen LogP contribution in [0.15, 0.2) is 53.3 Å². The molecule has 0 saturated heterocycles. The summed E-state index contributed by atoms with van der Waals surface area (Å²) in [6, 6.07) is 9.54. The molecule has 0 amide bonds. The van der Waals surface area contributed by atoms with Crippen molar-refractivity contribution in [2.75, 3.05) is 0 Å². The fraction of sp³-hybridized carbons (Fsp3) is 0.0625. The van der Waals surface area contributed by atoms with Crippen molar-refractivity contribution in [2.45, 2.75) is 6.04 Å². The van der Waals surface area contributed by atoms with Gasteiger partial charge in [0.25, 0.3) is 0 Å². The predicted octanol–water partition coefficient (Wildman–Crippen LogP) is 4.32. The Labute approximate surface area is 128 Å². The molecular weight excluding hydrogens is 338 g/mol. The van der Waals surface area contributed by atoms with E-state index in [0.717, 1.165) is 22.4 Å². The Morgan fingerprint density at radius 2 is 1.86 bits per heavy atom. The molecule has 1 atom stereocenters. The van der Waals surface area contributed by atoms with E-state index < -0.39 is 17.7 Å². The summed E-state index contributed by atoms with van der Waals surface area (Å²) in [7, 11) is 0. The Morgan fingerprint density at radius 3 is 2.67 bits per heavy atom. The molecule has 0 saturated carbocycles. The van der Waals surface area contributed by atoms with Crippen LogP contribution in [0, 0.1) is 11.6 Å². The quantitative estimate of drug-likeness (QED) is 0.700. The molecule has 5 heteroatoms. The van der Waals surface area contributed by atoms with Gasteiger partial charge in [-0.25, -0.2) is 8.78 Å². The number of hydrogen-bond acceptors (Lipinski definition) is 2. The average Bonchev–Trinajstić information content (AvgIpc) is 2.51. The number of rotatable bonds is 2. The van der Waals surface area contributed by atoms with Crippen LogP contribution in [-0.2, 0) is 0 Å². The zero-order valence-electron chi connectivity index (χ0n) is 10.9. The van der Waals surface area contributed by atoms with Crippen LogP contribution in [0.2, 0.25) is 0 Å². The van der Waals surface area contributed by atoms with Crippen molar-refractivity contribution in [1.82, 2.24) is 4.98 Å². The van der Waals surface area contributed by atoms with Crippen LogP contribution in [-0.4, -0.2) is 4.98 Å². The smallest absolute Gasteiger partial charge is 0.173 e. The van der Waals surface area contributed by atoms with Gasteiger partial charge in [-0.05, 0) is 44.6 Å². The molecule has 1 aromatic heterocycles. The molecule has 2 nitrogen and oxygen atoms in total. The molecule has 3 aromatic rings. The van der Waals surface area contributed by atoms with Gasteiger partial charge < -0.3 is 5.73 Å². The second-order valence-corrected chi connectivity index (χ2v) is 5.48. The van der Waals surface area contributed by atoms with Crippen molar-refractivity contribution in [3.63, 3.8) is 0 Å². The van der Waals surface area contributed by atoms with Crippen molar-refractivity contribution in [2.24, 2.45) is 5.73 Å². The first-order chi connectivity index (χ1) is 10.1. The summed E-state index contributed by atoms with van der Waals surface area (Å²) in [5.41, 5.74) is 7.60. The van der Waals surface area contributed by atoms with Gasteiger partial charge in [-0.3, -0.25) is 4.98 Å². The number of nitrogens with zero attached hydrogens (tertiary/aromatic N) is 1. The van der Waals surface area contributed by atoms with Crippen LogP contribution in [0.25, 0.3) is 10.8 Å². The summed E-state index contributed by atoms with van der Waals surface area (Å²) >= 11 is 3.09. The van der Waals surface area contributed by atoms with E-state index in [4.69, 9.17) is 5.73 Å².